The Morgan fingerprint density at radius 3 is 2.46 bits per heavy atom. The van der Waals surface area contributed by atoms with Gasteiger partial charge in [-0.3, -0.25) is 4.79 Å². The molecule has 0 radical (unpaired) electrons. The van der Waals surface area contributed by atoms with Crippen molar-refractivity contribution in [3.8, 4) is 11.5 Å². The van der Waals surface area contributed by atoms with Crippen molar-refractivity contribution in [1.82, 2.24) is 5.32 Å². The molecule has 3 N–H and O–H groups in total. The van der Waals surface area contributed by atoms with Crippen molar-refractivity contribution in [3.63, 3.8) is 0 Å². The number of rotatable bonds is 7. The van der Waals surface area contributed by atoms with Crippen molar-refractivity contribution < 1.29 is 24.9 Å². The molecule has 1 atom stereocenters. The van der Waals surface area contributed by atoms with Crippen LogP contribution in [0.1, 0.15) is 11.1 Å². The van der Waals surface area contributed by atoms with E-state index in [-0.39, 0.29) is 17.9 Å². The van der Waals surface area contributed by atoms with E-state index >= 15 is 0 Å². The van der Waals surface area contributed by atoms with Crippen LogP contribution in [0, 0.1) is 10.1 Å². The molecular formula is C16H16N2O6. The van der Waals surface area contributed by atoms with E-state index in [1.54, 1.807) is 0 Å². The van der Waals surface area contributed by atoms with Crippen LogP contribution in [0.5, 0.6) is 11.5 Å². The predicted octanol–water partition coefficient (Wildman–Crippen LogP) is 1.53. The number of aromatic hydroxyl groups is 2. The van der Waals surface area contributed by atoms with E-state index in [0.717, 1.165) is 5.56 Å². The second-order valence-electron chi connectivity index (χ2n) is 5.08. The van der Waals surface area contributed by atoms with Gasteiger partial charge in [-0.05, 0) is 29.7 Å². The highest BCUT2D eigenvalue weighted by molar-refractivity contribution is 5.75. The molecule has 24 heavy (non-hydrogen) atoms. The number of carbonyl (C=O) groups is 1. The van der Waals surface area contributed by atoms with Gasteiger partial charge in [0.2, 0.25) is 0 Å². The highest BCUT2D eigenvalue weighted by Gasteiger charge is 2.22. The van der Waals surface area contributed by atoms with Crippen LogP contribution in [-0.4, -0.2) is 27.3 Å². The third kappa shape index (κ3) is 4.96. The number of phenols is 2. The number of carbonyl (C=O) groups excluding carboxylic acids is 1. The normalized spacial score (nSPS) is 11.7. The average Bonchev–Trinajstić information content (AvgIpc) is 2.55. The fourth-order valence-electron chi connectivity index (χ4n) is 2.14. The summed E-state index contributed by atoms with van der Waals surface area (Å²) in [5, 5.41) is 31.0. The van der Waals surface area contributed by atoms with E-state index in [1.807, 2.05) is 30.3 Å². The Balaban J connectivity index is 2.10. The summed E-state index contributed by atoms with van der Waals surface area (Å²) in [4.78, 5) is 26.3. The third-order valence-electron chi connectivity index (χ3n) is 3.32. The van der Waals surface area contributed by atoms with Gasteiger partial charge in [0.15, 0.2) is 11.5 Å². The van der Waals surface area contributed by atoms with Crippen molar-refractivity contribution in [3.05, 3.63) is 69.8 Å². The molecule has 0 amide bonds. The Morgan fingerprint density at radius 2 is 1.83 bits per heavy atom. The lowest BCUT2D eigenvalue weighted by Crippen LogP contribution is -2.40. The first-order valence-electron chi connectivity index (χ1n) is 7.10. The lowest BCUT2D eigenvalue weighted by molar-refractivity contribution is -0.730. The lowest BCUT2D eigenvalue weighted by atomic mass is 10.0. The van der Waals surface area contributed by atoms with E-state index in [4.69, 9.17) is 0 Å². The first kappa shape index (κ1) is 17.2. The zero-order valence-electron chi connectivity index (χ0n) is 12.6. The molecule has 2 aromatic rings. The van der Waals surface area contributed by atoms with Crippen molar-refractivity contribution >= 4 is 5.97 Å². The molecule has 0 saturated carbocycles. The van der Waals surface area contributed by atoms with Gasteiger partial charge in [0.05, 0.1) is 6.04 Å². The molecule has 0 heterocycles. The van der Waals surface area contributed by atoms with Crippen LogP contribution in [0.15, 0.2) is 48.5 Å². The Labute approximate surface area is 137 Å². The molecule has 2 aromatic carbocycles. The molecule has 0 aliphatic carbocycles. The minimum Gasteiger partial charge on any atom is -0.504 e. The largest absolute Gasteiger partial charge is 0.504 e. The van der Waals surface area contributed by atoms with Gasteiger partial charge in [-0.15, -0.1) is 10.1 Å². The van der Waals surface area contributed by atoms with Crippen LogP contribution in [0.4, 0.5) is 0 Å². The standard InChI is InChI=1S/C16H16N2O6/c19-14-7-6-12(9-15(14)20)8-13(16(21)24-18(22)23)17-10-11-4-2-1-3-5-11/h1-7,9,13,17,19-20H,8,10H2/t13-/m0/s1. The molecule has 0 aliphatic rings. The Bertz CT molecular complexity index is 720. The van der Waals surface area contributed by atoms with Gasteiger partial charge >= 0.3 is 11.1 Å². The fourth-order valence-corrected chi connectivity index (χ4v) is 2.14. The number of nitrogens with one attached hydrogen (secondary N) is 1. The molecule has 2 rings (SSSR count). The van der Waals surface area contributed by atoms with Crippen molar-refractivity contribution in [2.24, 2.45) is 0 Å². The summed E-state index contributed by atoms with van der Waals surface area (Å²) in [5.41, 5.74) is 1.40. The number of nitrogens with zero attached hydrogens (tertiary/aromatic N) is 1. The van der Waals surface area contributed by atoms with Crippen LogP contribution in [-0.2, 0) is 22.6 Å². The van der Waals surface area contributed by atoms with Crippen LogP contribution < -0.4 is 5.32 Å². The van der Waals surface area contributed by atoms with E-state index < -0.39 is 17.1 Å². The molecule has 0 fully saturated rings. The van der Waals surface area contributed by atoms with Gasteiger partial charge in [0.1, 0.15) is 0 Å². The maximum atomic E-state index is 11.9. The van der Waals surface area contributed by atoms with Crippen molar-refractivity contribution in [1.29, 1.82) is 0 Å². The Morgan fingerprint density at radius 1 is 1.12 bits per heavy atom. The number of benzene rings is 2. The molecule has 0 spiro atoms. The highest BCUT2D eigenvalue weighted by atomic mass is 17.0. The second-order valence-corrected chi connectivity index (χ2v) is 5.08. The summed E-state index contributed by atoms with van der Waals surface area (Å²) >= 11 is 0. The zero-order chi connectivity index (χ0) is 17.5. The van der Waals surface area contributed by atoms with E-state index in [0.29, 0.717) is 12.1 Å². The number of hydrogen-bond donors (Lipinski definition) is 3. The number of hydrogen-bond acceptors (Lipinski definition) is 7. The van der Waals surface area contributed by atoms with Crippen molar-refractivity contribution in [2.75, 3.05) is 0 Å². The molecule has 8 heteroatoms. The van der Waals surface area contributed by atoms with Crippen LogP contribution in [0.3, 0.4) is 0 Å². The van der Waals surface area contributed by atoms with E-state index in [1.165, 1.54) is 18.2 Å². The van der Waals surface area contributed by atoms with Gasteiger partial charge < -0.3 is 15.5 Å². The maximum absolute atomic E-state index is 11.9. The van der Waals surface area contributed by atoms with Gasteiger partial charge in [0, 0.05) is 6.54 Å². The van der Waals surface area contributed by atoms with Gasteiger partial charge in [-0.25, -0.2) is 4.84 Å². The maximum Gasteiger partial charge on any atom is 0.320 e. The second kappa shape index (κ2) is 7.93. The van der Waals surface area contributed by atoms with Gasteiger partial charge in [-0.2, -0.15) is 0 Å². The molecule has 126 valence electrons. The summed E-state index contributed by atoms with van der Waals surface area (Å²) in [6.07, 6.45) is 0.0490. The van der Waals surface area contributed by atoms with Gasteiger partial charge in [0.25, 0.3) is 0 Å². The summed E-state index contributed by atoms with van der Waals surface area (Å²) < 4.78 is 0. The van der Waals surface area contributed by atoms with E-state index in [9.17, 15) is 25.1 Å². The molecule has 0 unspecified atom stereocenters. The predicted molar refractivity (Wildman–Crippen MR) is 83.6 cm³/mol. The summed E-state index contributed by atoms with van der Waals surface area (Å²) in [6.45, 7) is 0.308. The highest BCUT2D eigenvalue weighted by Crippen LogP contribution is 2.25. The van der Waals surface area contributed by atoms with Crippen LogP contribution in [0.2, 0.25) is 0 Å². The molecule has 8 nitrogen and oxygen atoms in total. The fraction of sp³-hybridized carbons (Fsp3) is 0.188. The summed E-state index contributed by atoms with van der Waals surface area (Å²) in [5.74, 6) is -1.67. The molecule has 0 aromatic heterocycles. The summed E-state index contributed by atoms with van der Waals surface area (Å²) in [7, 11) is 0. The molecule has 0 bridgehead atoms. The first-order valence-corrected chi connectivity index (χ1v) is 7.10. The Kier molecular flexibility index (Phi) is 5.69. The lowest BCUT2D eigenvalue weighted by Gasteiger charge is -2.16. The smallest absolute Gasteiger partial charge is 0.320 e. The monoisotopic (exact) mass is 332 g/mol. The van der Waals surface area contributed by atoms with E-state index in [2.05, 4.69) is 10.2 Å². The zero-order valence-corrected chi connectivity index (χ0v) is 12.6. The molecular weight excluding hydrogens is 316 g/mol. The number of phenolic OH excluding ortho intramolecular Hbond substituents is 2. The van der Waals surface area contributed by atoms with Crippen LogP contribution in [0.25, 0.3) is 0 Å². The molecule has 0 aliphatic heterocycles. The average molecular weight is 332 g/mol. The van der Waals surface area contributed by atoms with Crippen LogP contribution >= 0.6 is 0 Å². The minimum atomic E-state index is -1.16. The molecule has 0 saturated heterocycles. The third-order valence-corrected chi connectivity index (χ3v) is 3.32. The van der Waals surface area contributed by atoms with Gasteiger partial charge in [-0.1, -0.05) is 36.4 Å². The minimum absolute atomic E-state index is 0.0490. The quantitative estimate of drug-likeness (QED) is 0.399. The topological polar surface area (TPSA) is 122 Å². The Hall–Kier alpha value is -3.13. The summed E-state index contributed by atoms with van der Waals surface area (Å²) in [6, 6.07) is 12.3. The SMILES string of the molecule is O=C(O[N+](=O)[O-])[C@H](Cc1ccc(O)c(O)c1)NCc1ccccc1. The van der Waals surface area contributed by atoms with Crippen molar-refractivity contribution in [2.45, 2.75) is 19.0 Å². The first-order chi connectivity index (χ1) is 11.5.